The molecule has 2 amide bonds. The molecule has 0 unspecified atom stereocenters. The van der Waals surface area contributed by atoms with Crippen LogP contribution in [0.25, 0.3) is 0 Å². The number of anilines is 2. The Hall–Kier alpha value is -2.66. The zero-order valence-electron chi connectivity index (χ0n) is 14.2. The highest BCUT2D eigenvalue weighted by atomic mass is 16.2. The molecule has 0 aliphatic carbocycles. The van der Waals surface area contributed by atoms with Crippen LogP contribution in [0.5, 0.6) is 0 Å². The van der Waals surface area contributed by atoms with Crippen LogP contribution in [-0.4, -0.2) is 43.5 Å². The van der Waals surface area contributed by atoms with Crippen LogP contribution in [0.15, 0.2) is 60.7 Å². The lowest BCUT2D eigenvalue weighted by atomic mass is 10.2. The van der Waals surface area contributed by atoms with Crippen molar-refractivity contribution in [3.63, 3.8) is 0 Å². The third-order valence-electron chi connectivity index (χ3n) is 3.63. The second-order valence-electron chi connectivity index (χ2n) is 6.40. The third kappa shape index (κ3) is 6.22. The molecule has 0 fully saturated rings. The van der Waals surface area contributed by atoms with Crippen molar-refractivity contribution in [2.75, 3.05) is 37.8 Å². The first-order valence-corrected chi connectivity index (χ1v) is 7.96. The fourth-order valence-electron chi connectivity index (χ4n) is 2.34. The summed E-state index contributed by atoms with van der Waals surface area (Å²) >= 11 is 0. The minimum absolute atomic E-state index is 0.0455. The molecule has 0 radical (unpaired) electrons. The molecule has 0 saturated carbocycles. The number of quaternary nitrogens is 1. The van der Waals surface area contributed by atoms with Gasteiger partial charge in [-0.1, -0.05) is 36.4 Å². The van der Waals surface area contributed by atoms with E-state index in [1.165, 1.54) is 0 Å². The first-order valence-electron chi connectivity index (χ1n) is 7.96. The second kappa shape index (κ2) is 8.26. The number of carbonyl (C=O) groups is 2. The maximum absolute atomic E-state index is 12.1. The van der Waals surface area contributed by atoms with Gasteiger partial charge < -0.3 is 15.1 Å². The van der Waals surface area contributed by atoms with E-state index < -0.39 is 0 Å². The summed E-state index contributed by atoms with van der Waals surface area (Å²) in [7, 11) is 3.89. The van der Waals surface area contributed by atoms with Gasteiger partial charge in [0.1, 0.15) is 0 Å². The molecule has 0 bridgehead atoms. The Bertz CT molecular complexity index is 670. The quantitative estimate of drug-likeness (QED) is 0.769. The molecular weight excluding hydrogens is 302 g/mol. The number of likely N-dealkylation sites (N-methyl/N-ethyl adjacent to an activating group) is 1. The van der Waals surface area contributed by atoms with E-state index in [4.69, 9.17) is 0 Å². The SMILES string of the molecule is C[N+](C)(CCC(=O)Nc1ccccc1)CC(=O)Nc1ccccc1. The highest BCUT2D eigenvalue weighted by molar-refractivity contribution is 5.92. The van der Waals surface area contributed by atoms with Crippen LogP contribution in [-0.2, 0) is 9.59 Å². The minimum Gasteiger partial charge on any atom is -0.326 e. The van der Waals surface area contributed by atoms with E-state index in [1.807, 2.05) is 74.8 Å². The molecule has 2 N–H and O–H groups in total. The Labute approximate surface area is 142 Å². The summed E-state index contributed by atoms with van der Waals surface area (Å²) in [6.45, 7) is 0.897. The zero-order valence-corrected chi connectivity index (χ0v) is 14.2. The number of para-hydroxylation sites is 2. The molecule has 0 heterocycles. The Kier molecular flexibility index (Phi) is 6.09. The van der Waals surface area contributed by atoms with E-state index in [-0.39, 0.29) is 11.8 Å². The van der Waals surface area contributed by atoms with Gasteiger partial charge in [0, 0.05) is 11.4 Å². The largest absolute Gasteiger partial charge is 0.326 e. The lowest BCUT2D eigenvalue weighted by Crippen LogP contribution is -2.47. The number of benzene rings is 2. The highest BCUT2D eigenvalue weighted by Crippen LogP contribution is 2.08. The van der Waals surface area contributed by atoms with Crippen LogP contribution in [0.3, 0.4) is 0 Å². The second-order valence-corrected chi connectivity index (χ2v) is 6.40. The van der Waals surface area contributed by atoms with Gasteiger partial charge >= 0.3 is 0 Å². The predicted molar refractivity (Wildman–Crippen MR) is 96.6 cm³/mol. The fourth-order valence-corrected chi connectivity index (χ4v) is 2.34. The van der Waals surface area contributed by atoms with Gasteiger partial charge in [-0.3, -0.25) is 9.59 Å². The number of carbonyl (C=O) groups excluding carboxylic acids is 2. The summed E-state index contributed by atoms with van der Waals surface area (Å²) in [5, 5.41) is 5.73. The van der Waals surface area contributed by atoms with Gasteiger partial charge in [-0.15, -0.1) is 0 Å². The van der Waals surface area contributed by atoms with Crippen molar-refractivity contribution < 1.29 is 14.1 Å². The lowest BCUT2D eigenvalue weighted by Gasteiger charge is -2.28. The summed E-state index contributed by atoms with van der Waals surface area (Å²) in [5.74, 6) is -0.106. The summed E-state index contributed by atoms with van der Waals surface area (Å²) in [5.41, 5.74) is 1.57. The minimum atomic E-state index is -0.0605. The Balaban J connectivity index is 1.78. The molecule has 2 rings (SSSR count). The maximum Gasteiger partial charge on any atom is 0.279 e. The Morgan fingerprint density at radius 1 is 0.792 bits per heavy atom. The van der Waals surface area contributed by atoms with Crippen LogP contribution < -0.4 is 10.6 Å². The van der Waals surface area contributed by atoms with E-state index in [2.05, 4.69) is 10.6 Å². The predicted octanol–water partition coefficient (Wildman–Crippen LogP) is 2.73. The Morgan fingerprint density at radius 2 is 1.25 bits per heavy atom. The van der Waals surface area contributed by atoms with Crippen molar-refractivity contribution in [1.29, 1.82) is 0 Å². The van der Waals surface area contributed by atoms with Crippen molar-refractivity contribution >= 4 is 23.2 Å². The molecular formula is C19H24N3O2+. The van der Waals surface area contributed by atoms with E-state index in [0.717, 1.165) is 11.4 Å². The van der Waals surface area contributed by atoms with E-state index in [9.17, 15) is 9.59 Å². The zero-order chi connectivity index (χ0) is 17.4. The van der Waals surface area contributed by atoms with Crippen molar-refractivity contribution in [3.05, 3.63) is 60.7 Å². The molecule has 5 heteroatoms. The molecule has 126 valence electrons. The normalized spacial score (nSPS) is 10.9. The molecule has 0 saturated heterocycles. The van der Waals surface area contributed by atoms with Crippen LogP contribution >= 0.6 is 0 Å². The number of nitrogens with one attached hydrogen (secondary N) is 2. The van der Waals surface area contributed by atoms with Crippen LogP contribution in [0.1, 0.15) is 6.42 Å². The molecule has 0 spiro atoms. The van der Waals surface area contributed by atoms with Crippen LogP contribution in [0.4, 0.5) is 11.4 Å². The number of nitrogens with zero attached hydrogens (tertiary/aromatic N) is 1. The molecule has 2 aromatic rings. The molecule has 0 atom stereocenters. The first-order chi connectivity index (χ1) is 11.4. The third-order valence-corrected chi connectivity index (χ3v) is 3.63. The smallest absolute Gasteiger partial charge is 0.279 e. The average molecular weight is 326 g/mol. The summed E-state index contributed by atoms with van der Waals surface area (Å²) in [6, 6.07) is 18.7. The molecule has 5 nitrogen and oxygen atoms in total. The molecule has 2 aromatic carbocycles. The van der Waals surface area contributed by atoms with E-state index in [0.29, 0.717) is 24.0 Å². The van der Waals surface area contributed by atoms with Crippen molar-refractivity contribution in [2.24, 2.45) is 0 Å². The van der Waals surface area contributed by atoms with E-state index in [1.54, 1.807) is 0 Å². The van der Waals surface area contributed by atoms with Gasteiger partial charge in [-0.05, 0) is 24.3 Å². The van der Waals surface area contributed by atoms with Crippen molar-refractivity contribution in [1.82, 2.24) is 0 Å². The maximum atomic E-state index is 12.1. The van der Waals surface area contributed by atoms with Crippen LogP contribution in [0, 0.1) is 0 Å². The number of hydrogen-bond donors (Lipinski definition) is 2. The summed E-state index contributed by atoms with van der Waals surface area (Å²) in [4.78, 5) is 24.2. The van der Waals surface area contributed by atoms with Gasteiger partial charge in [0.2, 0.25) is 5.91 Å². The monoisotopic (exact) mass is 326 g/mol. The number of amides is 2. The van der Waals surface area contributed by atoms with E-state index >= 15 is 0 Å². The standard InChI is InChI=1S/C19H23N3O2/c1-22(2,15-19(24)21-17-11-7-4-8-12-17)14-13-18(23)20-16-9-5-3-6-10-16/h3-12H,13-15H2,1-2H3,(H-,20,21,23,24)/p+1. The Morgan fingerprint density at radius 3 is 1.75 bits per heavy atom. The number of hydrogen-bond acceptors (Lipinski definition) is 2. The molecule has 0 aliphatic heterocycles. The molecule has 0 aliphatic rings. The van der Waals surface area contributed by atoms with Gasteiger partial charge in [0.15, 0.2) is 6.54 Å². The van der Waals surface area contributed by atoms with Gasteiger partial charge in [-0.2, -0.15) is 0 Å². The van der Waals surface area contributed by atoms with Crippen LogP contribution in [0.2, 0.25) is 0 Å². The topological polar surface area (TPSA) is 58.2 Å². The summed E-state index contributed by atoms with van der Waals surface area (Å²) < 4.78 is 0.445. The van der Waals surface area contributed by atoms with Gasteiger partial charge in [0.05, 0.1) is 27.1 Å². The fraction of sp³-hybridized carbons (Fsp3) is 0.263. The summed E-state index contributed by atoms with van der Waals surface area (Å²) in [6.07, 6.45) is 0.362. The lowest BCUT2D eigenvalue weighted by molar-refractivity contribution is -0.881. The van der Waals surface area contributed by atoms with Crippen molar-refractivity contribution in [3.8, 4) is 0 Å². The average Bonchev–Trinajstić information content (AvgIpc) is 2.54. The molecule has 0 aromatic heterocycles. The highest BCUT2D eigenvalue weighted by Gasteiger charge is 2.21. The van der Waals surface area contributed by atoms with Crippen molar-refractivity contribution in [2.45, 2.75) is 6.42 Å². The van der Waals surface area contributed by atoms with Gasteiger partial charge in [0.25, 0.3) is 5.91 Å². The number of rotatable bonds is 7. The first kappa shape index (κ1) is 17.7. The van der Waals surface area contributed by atoms with Gasteiger partial charge in [-0.25, -0.2) is 0 Å². The molecule has 24 heavy (non-hydrogen) atoms.